The third kappa shape index (κ3) is 3.16. The summed E-state index contributed by atoms with van der Waals surface area (Å²) in [5.74, 6) is -0.460. The van der Waals surface area contributed by atoms with Crippen molar-refractivity contribution in [3.63, 3.8) is 0 Å². The molecule has 4 rings (SSSR count). The zero-order chi connectivity index (χ0) is 19.5. The number of carbonyl (C=O) groups is 2. The van der Waals surface area contributed by atoms with E-state index in [4.69, 9.17) is 0 Å². The molecule has 0 amide bonds. The second kappa shape index (κ2) is 7.45. The highest BCUT2D eigenvalue weighted by Gasteiger charge is 2.28. The summed E-state index contributed by atoms with van der Waals surface area (Å²) in [6.45, 7) is 1.44. The standard InChI is InChI=1S/C24H18N2O2/c1-17(27)22-21(24(28)19-13-7-3-8-14-19)23(18-11-5-2-6-12-18)26(25-22)20-15-9-4-10-16-20/h2-16H,1H3. The Hall–Kier alpha value is -3.79. The highest BCUT2D eigenvalue weighted by molar-refractivity contribution is 6.18. The van der Waals surface area contributed by atoms with Crippen LogP contribution >= 0.6 is 0 Å². The first kappa shape index (κ1) is 17.6. The predicted molar refractivity (Wildman–Crippen MR) is 109 cm³/mol. The number of hydrogen-bond acceptors (Lipinski definition) is 3. The first-order valence-electron chi connectivity index (χ1n) is 9.01. The van der Waals surface area contributed by atoms with Gasteiger partial charge in [-0.2, -0.15) is 5.10 Å². The molecule has 1 aromatic heterocycles. The molecule has 4 nitrogen and oxygen atoms in total. The number of Topliss-reactive ketones (excluding diaryl/α,β-unsaturated/α-hetero) is 1. The molecule has 0 aliphatic heterocycles. The Morgan fingerprint density at radius 2 is 1.29 bits per heavy atom. The fourth-order valence-electron chi connectivity index (χ4n) is 3.23. The molecule has 0 bridgehead atoms. The van der Waals surface area contributed by atoms with Gasteiger partial charge in [0.05, 0.1) is 16.9 Å². The van der Waals surface area contributed by atoms with Crippen LogP contribution < -0.4 is 0 Å². The summed E-state index contributed by atoms with van der Waals surface area (Å²) in [7, 11) is 0. The maximum absolute atomic E-state index is 13.4. The SMILES string of the molecule is CC(=O)c1nn(-c2ccccc2)c(-c2ccccc2)c1C(=O)c1ccccc1. The molecule has 0 aliphatic rings. The van der Waals surface area contributed by atoms with E-state index in [1.54, 1.807) is 16.8 Å². The maximum atomic E-state index is 13.4. The number of hydrogen-bond donors (Lipinski definition) is 0. The van der Waals surface area contributed by atoms with Crippen LogP contribution in [0.1, 0.15) is 33.3 Å². The number of rotatable bonds is 5. The number of aromatic nitrogens is 2. The van der Waals surface area contributed by atoms with Gasteiger partial charge in [0, 0.05) is 18.1 Å². The molecule has 136 valence electrons. The molecule has 0 spiro atoms. The van der Waals surface area contributed by atoms with Crippen molar-refractivity contribution in [2.24, 2.45) is 0 Å². The van der Waals surface area contributed by atoms with Crippen LogP contribution in [-0.4, -0.2) is 21.3 Å². The Bertz CT molecular complexity index is 1130. The van der Waals surface area contributed by atoms with Crippen molar-refractivity contribution < 1.29 is 9.59 Å². The van der Waals surface area contributed by atoms with Crippen LogP contribution in [0, 0.1) is 0 Å². The zero-order valence-electron chi connectivity index (χ0n) is 15.4. The van der Waals surface area contributed by atoms with Gasteiger partial charge in [0.1, 0.15) is 5.69 Å². The van der Waals surface area contributed by atoms with Crippen molar-refractivity contribution in [2.45, 2.75) is 6.92 Å². The van der Waals surface area contributed by atoms with Gasteiger partial charge in [0.2, 0.25) is 0 Å². The fourth-order valence-corrected chi connectivity index (χ4v) is 3.23. The van der Waals surface area contributed by atoms with Gasteiger partial charge >= 0.3 is 0 Å². The van der Waals surface area contributed by atoms with Crippen LogP contribution in [0.25, 0.3) is 16.9 Å². The molecule has 1 heterocycles. The lowest BCUT2D eigenvalue weighted by atomic mass is 9.96. The summed E-state index contributed by atoms with van der Waals surface area (Å²) in [5, 5.41) is 4.55. The van der Waals surface area contributed by atoms with Crippen molar-refractivity contribution in [1.82, 2.24) is 9.78 Å². The van der Waals surface area contributed by atoms with E-state index >= 15 is 0 Å². The van der Waals surface area contributed by atoms with Gasteiger partial charge in [-0.05, 0) is 12.1 Å². The van der Waals surface area contributed by atoms with E-state index in [1.807, 2.05) is 78.9 Å². The lowest BCUT2D eigenvalue weighted by Crippen LogP contribution is -2.08. The van der Waals surface area contributed by atoms with Crippen LogP contribution in [0.15, 0.2) is 91.0 Å². The maximum Gasteiger partial charge on any atom is 0.197 e. The van der Waals surface area contributed by atoms with Crippen LogP contribution in [0.5, 0.6) is 0 Å². The number of nitrogens with zero attached hydrogens (tertiary/aromatic N) is 2. The minimum absolute atomic E-state index is 0.177. The predicted octanol–water partition coefficient (Wildman–Crippen LogP) is 4.97. The highest BCUT2D eigenvalue weighted by atomic mass is 16.1. The number of para-hydroxylation sites is 1. The van der Waals surface area contributed by atoms with Crippen molar-refractivity contribution in [1.29, 1.82) is 0 Å². The third-order valence-electron chi connectivity index (χ3n) is 4.53. The molecule has 0 N–H and O–H groups in total. The van der Waals surface area contributed by atoms with Crippen molar-refractivity contribution in [3.05, 3.63) is 108 Å². The number of benzene rings is 3. The Morgan fingerprint density at radius 3 is 1.86 bits per heavy atom. The Kier molecular flexibility index (Phi) is 4.68. The van der Waals surface area contributed by atoms with E-state index < -0.39 is 0 Å². The lowest BCUT2D eigenvalue weighted by molar-refractivity contribution is 0.0987. The lowest BCUT2D eigenvalue weighted by Gasteiger charge is -2.10. The van der Waals surface area contributed by atoms with E-state index in [0.717, 1.165) is 11.3 Å². The zero-order valence-corrected chi connectivity index (χ0v) is 15.4. The average Bonchev–Trinajstić information content (AvgIpc) is 3.16. The van der Waals surface area contributed by atoms with Crippen LogP contribution in [-0.2, 0) is 0 Å². The van der Waals surface area contributed by atoms with E-state index in [9.17, 15) is 9.59 Å². The molecule has 0 unspecified atom stereocenters. The molecule has 0 radical (unpaired) electrons. The summed E-state index contributed by atoms with van der Waals surface area (Å²) >= 11 is 0. The Morgan fingerprint density at radius 1 is 0.750 bits per heavy atom. The summed E-state index contributed by atoms with van der Waals surface area (Å²) in [5.41, 5.74) is 3.26. The highest BCUT2D eigenvalue weighted by Crippen LogP contribution is 2.31. The molecule has 4 heteroatoms. The monoisotopic (exact) mass is 366 g/mol. The molecule has 28 heavy (non-hydrogen) atoms. The summed E-state index contributed by atoms with van der Waals surface area (Å²) < 4.78 is 1.68. The van der Waals surface area contributed by atoms with Gasteiger partial charge in [0.25, 0.3) is 0 Å². The van der Waals surface area contributed by atoms with E-state index in [1.165, 1.54) is 6.92 Å². The minimum Gasteiger partial charge on any atom is -0.293 e. The normalized spacial score (nSPS) is 10.6. The molecule has 4 aromatic rings. The average molecular weight is 366 g/mol. The quantitative estimate of drug-likeness (QED) is 0.469. The van der Waals surface area contributed by atoms with Gasteiger partial charge in [0.15, 0.2) is 11.6 Å². The topological polar surface area (TPSA) is 52.0 Å². The first-order chi connectivity index (χ1) is 13.7. The molecule has 0 aliphatic carbocycles. The Balaban J connectivity index is 2.05. The van der Waals surface area contributed by atoms with Crippen molar-refractivity contribution in [3.8, 4) is 16.9 Å². The van der Waals surface area contributed by atoms with E-state index in [-0.39, 0.29) is 17.3 Å². The van der Waals surface area contributed by atoms with Gasteiger partial charge in [-0.3, -0.25) is 9.59 Å². The van der Waals surface area contributed by atoms with Gasteiger partial charge < -0.3 is 0 Å². The molecule has 0 atom stereocenters. The van der Waals surface area contributed by atoms with Crippen LogP contribution in [0.2, 0.25) is 0 Å². The third-order valence-corrected chi connectivity index (χ3v) is 4.53. The molecular weight excluding hydrogens is 348 g/mol. The number of carbonyl (C=O) groups excluding carboxylic acids is 2. The van der Waals surface area contributed by atoms with Gasteiger partial charge in [-0.15, -0.1) is 0 Å². The molecule has 0 fully saturated rings. The number of ketones is 2. The van der Waals surface area contributed by atoms with E-state index in [0.29, 0.717) is 16.8 Å². The van der Waals surface area contributed by atoms with Crippen molar-refractivity contribution >= 4 is 11.6 Å². The second-order valence-corrected chi connectivity index (χ2v) is 6.44. The molecule has 0 saturated carbocycles. The largest absolute Gasteiger partial charge is 0.293 e. The summed E-state index contributed by atoms with van der Waals surface area (Å²) in [6.07, 6.45) is 0. The minimum atomic E-state index is -0.244. The van der Waals surface area contributed by atoms with E-state index in [2.05, 4.69) is 5.10 Å². The Labute approximate surface area is 163 Å². The van der Waals surface area contributed by atoms with Crippen LogP contribution in [0.4, 0.5) is 0 Å². The smallest absolute Gasteiger partial charge is 0.197 e. The second-order valence-electron chi connectivity index (χ2n) is 6.44. The molecule has 3 aromatic carbocycles. The van der Waals surface area contributed by atoms with Crippen molar-refractivity contribution in [2.75, 3.05) is 0 Å². The van der Waals surface area contributed by atoms with Crippen LogP contribution in [0.3, 0.4) is 0 Å². The molecular formula is C24H18N2O2. The fraction of sp³-hybridized carbons (Fsp3) is 0.0417. The first-order valence-corrected chi connectivity index (χ1v) is 9.01. The van der Waals surface area contributed by atoms with Gasteiger partial charge in [-0.25, -0.2) is 4.68 Å². The summed E-state index contributed by atoms with van der Waals surface area (Å²) in [6, 6.07) is 28.1. The van der Waals surface area contributed by atoms with Gasteiger partial charge in [-0.1, -0.05) is 78.9 Å². The molecule has 0 saturated heterocycles. The summed E-state index contributed by atoms with van der Waals surface area (Å²) in [4.78, 5) is 25.8.